The minimum atomic E-state index is 0.697. The van der Waals surface area contributed by atoms with Crippen LogP contribution in [0.3, 0.4) is 0 Å². The zero-order chi connectivity index (χ0) is 15.1. The number of pyridine rings is 1. The second-order valence-electron chi connectivity index (χ2n) is 6.60. The molecule has 3 heteroatoms. The molecule has 1 aliphatic heterocycles. The standard InChI is InChI=1S/C18H31N3/c1-4-17-11-16(14-19-13-15(2)3)12-18(20-17)21-9-7-5-6-8-10-21/h11-12,15,19H,4-10,13-14H2,1-3H3. The number of hydrogen-bond acceptors (Lipinski definition) is 3. The third kappa shape index (κ3) is 5.31. The largest absolute Gasteiger partial charge is 0.357 e. The lowest BCUT2D eigenvalue weighted by Crippen LogP contribution is -2.26. The summed E-state index contributed by atoms with van der Waals surface area (Å²) >= 11 is 0. The van der Waals surface area contributed by atoms with E-state index in [4.69, 9.17) is 4.98 Å². The monoisotopic (exact) mass is 289 g/mol. The van der Waals surface area contributed by atoms with Crippen molar-refractivity contribution in [2.24, 2.45) is 5.92 Å². The smallest absolute Gasteiger partial charge is 0.129 e. The van der Waals surface area contributed by atoms with Crippen LogP contribution in [0.15, 0.2) is 12.1 Å². The van der Waals surface area contributed by atoms with Crippen LogP contribution >= 0.6 is 0 Å². The van der Waals surface area contributed by atoms with E-state index in [-0.39, 0.29) is 0 Å². The van der Waals surface area contributed by atoms with E-state index >= 15 is 0 Å². The van der Waals surface area contributed by atoms with Gasteiger partial charge < -0.3 is 10.2 Å². The molecule has 2 heterocycles. The van der Waals surface area contributed by atoms with Gasteiger partial charge in [-0.3, -0.25) is 0 Å². The van der Waals surface area contributed by atoms with E-state index in [1.54, 1.807) is 0 Å². The van der Waals surface area contributed by atoms with Gasteiger partial charge in [-0.2, -0.15) is 0 Å². The molecule has 0 spiro atoms. The normalized spacial score (nSPS) is 16.3. The summed E-state index contributed by atoms with van der Waals surface area (Å²) in [6.45, 7) is 11.1. The third-order valence-electron chi connectivity index (χ3n) is 4.10. The van der Waals surface area contributed by atoms with E-state index < -0.39 is 0 Å². The van der Waals surface area contributed by atoms with Crippen molar-refractivity contribution < 1.29 is 0 Å². The molecule has 1 fully saturated rings. The highest BCUT2D eigenvalue weighted by Crippen LogP contribution is 2.20. The number of aryl methyl sites for hydroxylation is 1. The molecule has 0 amide bonds. The molecular weight excluding hydrogens is 258 g/mol. The second kappa shape index (κ2) is 8.38. The maximum absolute atomic E-state index is 4.86. The predicted octanol–water partition coefficient (Wildman–Crippen LogP) is 3.77. The molecule has 0 radical (unpaired) electrons. The number of nitrogens with one attached hydrogen (secondary N) is 1. The number of anilines is 1. The first-order valence-electron chi connectivity index (χ1n) is 8.64. The number of aromatic nitrogens is 1. The van der Waals surface area contributed by atoms with Crippen molar-refractivity contribution >= 4 is 5.82 Å². The molecule has 1 aromatic rings. The van der Waals surface area contributed by atoms with Gasteiger partial charge in [-0.1, -0.05) is 33.6 Å². The van der Waals surface area contributed by atoms with E-state index in [0.29, 0.717) is 5.92 Å². The Bertz CT molecular complexity index is 420. The Labute approximate surface area is 130 Å². The first kappa shape index (κ1) is 16.3. The van der Waals surface area contributed by atoms with Gasteiger partial charge in [0.2, 0.25) is 0 Å². The molecule has 1 saturated heterocycles. The van der Waals surface area contributed by atoms with Crippen molar-refractivity contribution in [2.45, 2.75) is 59.4 Å². The highest BCUT2D eigenvalue weighted by Gasteiger charge is 2.12. The Hall–Kier alpha value is -1.09. The molecule has 21 heavy (non-hydrogen) atoms. The fourth-order valence-electron chi connectivity index (χ4n) is 2.88. The molecule has 118 valence electrons. The predicted molar refractivity (Wildman–Crippen MR) is 90.8 cm³/mol. The molecule has 0 saturated carbocycles. The summed E-state index contributed by atoms with van der Waals surface area (Å²) in [5.41, 5.74) is 2.60. The van der Waals surface area contributed by atoms with Crippen molar-refractivity contribution in [3.05, 3.63) is 23.4 Å². The lowest BCUT2D eigenvalue weighted by molar-refractivity contribution is 0.552. The topological polar surface area (TPSA) is 28.2 Å². The van der Waals surface area contributed by atoms with Gasteiger partial charge in [0.05, 0.1) is 0 Å². The fraction of sp³-hybridized carbons (Fsp3) is 0.722. The Balaban J connectivity index is 2.08. The SMILES string of the molecule is CCc1cc(CNCC(C)C)cc(N2CCCCCC2)n1. The third-order valence-corrected chi connectivity index (χ3v) is 4.10. The lowest BCUT2D eigenvalue weighted by Gasteiger charge is -2.23. The number of hydrogen-bond donors (Lipinski definition) is 1. The summed E-state index contributed by atoms with van der Waals surface area (Å²) in [5, 5.41) is 3.55. The first-order valence-corrected chi connectivity index (χ1v) is 8.64. The molecule has 0 aromatic carbocycles. The molecular formula is C18H31N3. The van der Waals surface area contributed by atoms with Crippen LogP contribution in [0.4, 0.5) is 5.82 Å². The van der Waals surface area contributed by atoms with Gasteiger partial charge in [0.25, 0.3) is 0 Å². The van der Waals surface area contributed by atoms with E-state index in [0.717, 1.165) is 19.5 Å². The Morgan fingerprint density at radius 1 is 1.14 bits per heavy atom. The molecule has 0 aliphatic carbocycles. The summed E-state index contributed by atoms with van der Waals surface area (Å²) in [4.78, 5) is 7.34. The van der Waals surface area contributed by atoms with Crippen LogP contribution in [0.25, 0.3) is 0 Å². The van der Waals surface area contributed by atoms with E-state index in [1.807, 2.05) is 0 Å². The van der Waals surface area contributed by atoms with E-state index in [1.165, 1.54) is 55.8 Å². The van der Waals surface area contributed by atoms with Crippen LogP contribution in [-0.4, -0.2) is 24.6 Å². The highest BCUT2D eigenvalue weighted by atomic mass is 15.2. The van der Waals surface area contributed by atoms with Crippen LogP contribution < -0.4 is 10.2 Å². The zero-order valence-corrected chi connectivity index (χ0v) is 14.0. The first-order chi connectivity index (χ1) is 10.2. The van der Waals surface area contributed by atoms with Crippen molar-refractivity contribution in [3.63, 3.8) is 0 Å². The van der Waals surface area contributed by atoms with Gasteiger partial charge in [0, 0.05) is 25.3 Å². The average Bonchev–Trinajstić information content (AvgIpc) is 2.75. The minimum Gasteiger partial charge on any atom is -0.357 e. The van der Waals surface area contributed by atoms with E-state index in [9.17, 15) is 0 Å². The zero-order valence-electron chi connectivity index (χ0n) is 14.0. The Kier molecular flexibility index (Phi) is 6.50. The summed E-state index contributed by atoms with van der Waals surface area (Å²) in [6, 6.07) is 4.55. The molecule has 1 aliphatic rings. The summed E-state index contributed by atoms with van der Waals surface area (Å²) < 4.78 is 0. The summed E-state index contributed by atoms with van der Waals surface area (Å²) in [6.07, 6.45) is 6.36. The van der Waals surface area contributed by atoms with E-state index in [2.05, 4.69) is 43.1 Å². The van der Waals surface area contributed by atoms with Crippen molar-refractivity contribution in [1.29, 1.82) is 0 Å². The maximum atomic E-state index is 4.86. The van der Waals surface area contributed by atoms with Crippen LogP contribution in [-0.2, 0) is 13.0 Å². The molecule has 0 unspecified atom stereocenters. The van der Waals surface area contributed by atoms with Gasteiger partial charge in [0.15, 0.2) is 0 Å². The lowest BCUT2D eigenvalue weighted by atomic mass is 10.1. The molecule has 0 atom stereocenters. The summed E-state index contributed by atoms with van der Waals surface area (Å²) in [7, 11) is 0. The molecule has 1 aromatic heterocycles. The number of nitrogens with zero attached hydrogens (tertiary/aromatic N) is 2. The molecule has 1 N–H and O–H groups in total. The highest BCUT2D eigenvalue weighted by molar-refractivity contribution is 5.43. The number of rotatable bonds is 6. The van der Waals surface area contributed by atoms with Crippen molar-refractivity contribution in [1.82, 2.24) is 10.3 Å². The fourth-order valence-corrected chi connectivity index (χ4v) is 2.88. The Morgan fingerprint density at radius 3 is 2.48 bits per heavy atom. The van der Waals surface area contributed by atoms with Gasteiger partial charge in [-0.15, -0.1) is 0 Å². The van der Waals surface area contributed by atoms with Gasteiger partial charge >= 0.3 is 0 Å². The van der Waals surface area contributed by atoms with Gasteiger partial charge in [0.1, 0.15) is 5.82 Å². The average molecular weight is 289 g/mol. The van der Waals surface area contributed by atoms with Gasteiger partial charge in [-0.25, -0.2) is 4.98 Å². The van der Waals surface area contributed by atoms with Crippen LogP contribution in [0.1, 0.15) is 57.7 Å². The van der Waals surface area contributed by atoms with Crippen LogP contribution in [0.2, 0.25) is 0 Å². The minimum absolute atomic E-state index is 0.697. The molecule has 3 nitrogen and oxygen atoms in total. The quantitative estimate of drug-likeness (QED) is 0.864. The van der Waals surface area contributed by atoms with Crippen LogP contribution in [0, 0.1) is 5.92 Å². The summed E-state index contributed by atoms with van der Waals surface area (Å²) in [5.74, 6) is 1.89. The van der Waals surface area contributed by atoms with Crippen molar-refractivity contribution in [3.8, 4) is 0 Å². The van der Waals surface area contributed by atoms with Crippen molar-refractivity contribution in [2.75, 3.05) is 24.5 Å². The maximum Gasteiger partial charge on any atom is 0.129 e. The second-order valence-corrected chi connectivity index (χ2v) is 6.60. The van der Waals surface area contributed by atoms with Gasteiger partial charge in [-0.05, 0) is 49.4 Å². The van der Waals surface area contributed by atoms with Crippen LogP contribution in [0.5, 0.6) is 0 Å². The molecule has 0 bridgehead atoms. The Morgan fingerprint density at radius 2 is 1.86 bits per heavy atom. The molecule has 2 rings (SSSR count).